The van der Waals surface area contributed by atoms with Crippen LogP contribution in [0, 0.1) is 0 Å². The van der Waals surface area contributed by atoms with Gasteiger partial charge in [0.15, 0.2) is 0 Å². The fourth-order valence-corrected chi connectivity index (χ4v) is 1.95. The molecule has 1 aromatic heterocycles. The first kappa shape index (κ1) is 14.2. The Hall–Kier alpha value is -2.19. The van der Waals surface area contributed by atoms with Crippen LogP contribution >= 0.6 is 0 Å². The van der Waals surface area contributed by atoms with Gasteiger partial charge in [-0.05, 0) is 35.2 Å². The van der Waals surface area contributed by atoms with E-state index in [1.165, 1.54) is 16.3 Å². The first-order chi connectivity index (χ1) is 9.90. The van der Waals surface area contributed by atoms with E-state index in [9.17, 15) is 0 Å². The minimum absolute atomic E-state index is 0.287. The maximum absolute atomic E-state index is 8.53. The molecule has 2 heteroatoms. The molecule has 0 aliphatic heterocycles. The van der Waals surface area contributed by atoms with Crippen LogP contribution in [0.4, 0.5) is 0 Å². The van der Waals surface area contributed by atoms with Gasteiger partial charge in [-0.15, -0.1) is 0 Å². The predicted molar refractivity (Wildman–Crippen MR) is 83.6 cm³/mol. The number of rotatable bonds is 3. The molecule has 2 aromatic carbocycles. The normalized spacial score (nSPS) is 9.85. The molecule has 0 unspecified atom stereocenters. The van der Waals surface area contributed by atoms with Gasteiger partial charge in [-0.2, -0.15) is 0 Å². The first-order valence-electron chi connectivity index (χ1n) is 6.83. The molecule has 0 saturated carbocycles. The molecule has 0 aliphatic carbocycles. The molecule has 1 N–H and O–H groups in total. The molecule has 0 radical (unpaired) electrons. The summed E-state index contributed by atoms with van der Waals surface area (Å²) in [7, 11) is 0. The number of aliphatic hydroxyl groups excluding tert-OH is 1. The number of benzene rings is 2. The Labute approximate surface area is 119 Å². The smallest absolute Gasteiger partial charge is 0.0434 e. The molecule has 2 nitrogen and oxygen atoms in total. The number of hydrogen-bond donors (Lipinski definition) is 1. The lowest BCUT2D eigenvalue weighted by Crippen LogP contribution is -1.87. The molecule has 0 fully saturated rings. The van der Waals surface area contributed by atoms with Crippen molar-refractivity contribution in [3.05, 3.63) is 78.6 Å². The van der Waals surface area contributed by atoms with Gasteiger partial charge in [-0.25, -0.2) is 0 Å². The molecule has 0 aliphatic rings. The Morgan fingerprint density at radius 3 is 2.20 bits per heavy atom. The Balaban J connectivity index is 0.000000147. The SMILES string of the molecule is OCCCc1ccccc1.c1ccc2cnccc2c1. The molecular formula is C18H19NO. The summed E-state index contributed by atoms with van der Waals surface area (Å²) in [5.41, 5.74) is 1.30. The summed E-state index contributed by atoms with van der Waals surface area (Å²) in [5.74, 6) is 0. The van der Waals surface area contributed by atoms with Crippen molar-refractivity contribution in [1.29, 1.82) is 0 Å². The average molecular weight is 265 g/mol. The lowest BCUT2D eigenvalue weighted by Gasteiger charge is -1.96. The van der Waals surface area contributed by atoms with E-state index in [1.54, 1.807) is 0 Å². The standard InChI is InChI=1S/C9H7N.C9H12O/c1-2-4-9-7-10-6-5-8(9)3-1;10-8-4-7-9-5-2-1-3-6-9/h1-7H;1-3,5-6,10H,4,7-8H2. The number of aliphatic hydroxyl groups is 1. The number of aryl methyl sites for hydroxylation is 1. The highest BCUT2D eigenvalue weighted by atomic mass is 16.2. The summed E-state index contributed by atoms with van der Waals surface area (Å²) in [4.78, 5) is 4.01. The van der Waals surface area contributed by atoms with Crippen molar-refractivity contribution >= 4 is 10.8 Å². The largest absolute Gasteiger partial charge is 0.396 e. The zero-order valence-corrected chi connectivity index (χ0v) is 11.4. The summed E-state index contributed by atoms with van der Waals surface area (Å²) in [6, 6.07) is 20.4. The van der Waals surface area contributed by atoms with Gasteiger partial charge in [0.1, 0.15) is 0 Å². The van der Waals surface area contributed by atoms with E-state index in [0.29, 0.717) is 0 Å². The fourth-order valence-electron chi connectivity index (χ4n) is 1.95. The number of aromatic nitrogens is 1. The summed E-state index contributed by atoms with van der Waals surface area (Å²) >= 11 is 0. The third-order valence-electron chi connectivity index (χ3n) is 3.02. The Kier molecular flexibility index (Phi) is 5.74. The van der Waals surface area contributed by atoms with Crippen molar-refractivity contribution in [3.8, 4) is 0 Å². The zero-order chi connectivity index (χ0) is 14.0. The quantitative estimate of drug-likeness (QED) is 0.780. The molecule has 0 amide bonds. The summed E-state index contributed by atoms with van der Waals surface area (Å²) in [6.07, 6.45) is 5.53. The van der Waals surface area contributed by atoms with E-state index in [2.05, 4.69) is 29.2 Å². The lowest BCUT2D eigenvalue weighted by atomic mass is 10.1. The van der Waals surface area contributed by atoms with Gasteiger partial charge >= 0.3 is 0 Å². The van der Waals surface area contributed by atoms with Crippen LogP contribution < -0.4 is 0 Å². The highest BCUT2D eigenvalue weighted by Crippen LogP contribution is 2.09. The average Bonchev–Trinajstić information content (AvgIpc) is 2.55. The van der Waals surface area contributed by atoms with Gasteiger partial charge < -0.3 is 5.11 Å². The minimum atomic E-state index is 0.287. The van der Waals surface area contributed by atoms with E-state index in [1.807, 2.05) is 48.8 Å². The van der Waals surface area contributed by atoms with Crippen molar-refractivity contribution in [2.75, 3.05) is 6.61 Å². The molecule has 20 heavy (non-hydrogen) atoms. The summed E-state index contributed by atoms with van der Waals surface area (Å²) < 4.78 is 0. The number of hydrogen-bond acceptors (Lipinski definition) is 2. The second-order valence-electron chi connectivity index (χ2n) is 4.54. The maximum atomic E-state index is 8.53. The van der Waals surface area contributed by atoms with Crippen molar-refractivity contribution in [3.63, 3.8) is 0 Å². The molecule has 0 atom stereocenters. The third kappa shape index (κ3) is 4.48. The second-order valence-corrected chi connectivity index (χ2v) is 4.54. The number of pyridine rings is 1. The molecule has 0 saturated heterocycles. The van der Waals surface area contributed by atoms with Crippen LogP contribution in [-0.4, -0.2) is 16.7 Å². The molecule has 102 valence electrons. The van der Waals surface area contributed by atoms with Crippen LogP contribution in [-0.2, 0) is 6.42 Å². The monoisotopic (exact) mass is 265 g/mol. The van der Waals surface area contributed by atoms with E-state index in [4.69, 9.17) is 5.11 Å². The van der Waals surface area contributed by atoms with Crippen LogP contribution in [0.1, 0.15) is 12.0 Å². The van der Waals surface area contributed by atoms with Gasteiger partial charge in [0.05, 0.1) is 0 Å². The van der Waals surface area contributed by atoms with E-state index in [-0.39, 0.29) is 6.61 Å². The summed E-state index contributed by atoms with van der Waals surface area (Å²) in [5, 5.41) is 11.0. The third-order valence-corrected chi connectivity index (χ3v) is 3.02. The second kappa shape index (κ2) is 8.08. The molecular weight excluding hydrogens is 246 g/mol. The van der Waals surface area contributed by atoms with E-state index >= 15 is 0 Å². The van der Waals surface area contributed by atoms with E-state index in [0.717, 1.165) is 12.8 Å². The fraction of sp³-hybridized carbons (Fsp3) is 0.167. The zero-order valence-electron chi connectivity index (χ0n) is 11.4. The summed E-state index contributed by atoms with van der Waals surface area (Å²) in [6.45, 7) is 0.287. The molecule has 3 aromatic rings. The van der Waals surface area contributed by atoms with Crippen molar-refractivity contribution in [1.82, 2.24) is 4.98 Å². The van der Waals surface area contributed by atoms with Crippen LogP contribution in [0.5, 0.6) is 0 Å². The van der Waals surface area contributed by atoms with Gasteiger partial charge in [-0.1, -0.05) is 54.6 Å². The maximum Gasteiger partial charge on any atom is 0.0434 e. The molecule has 0 bridgehead atoms. The predicted octanol–water partition coefficient (Wildman–Crippen LogP) is 3.85. The minimum Gasteiger partial charge on any atom is -0.396 e. The van der Waals surface area contributed by atoms with Crippen LogP contribution in [0.15, 0.2) is 73.1 Å². The first-order valence-corrected chi connectivity index (χ1v) is 6.83. The van der Waals surface area contributed by atoms with Gasteiger partial charge in [0, 0.05) is 19.0 Å². The van der Waals surface area contributed by atoms with E-state index < -0.39 is 0 Å². The van der Waals surface area contributed by atoms with Gasteiger partial charge in [0.2, 0.25) is 0 Å². The van der Waals surface area contributed by atoms with Crippen molar-refractivity contribution in [2.45, 2.75) is 12.8 Å². The highest BCUT2D eigenvalue weighted by Gasteiger charge is 1.88. The van der Waals surface area contributed by atoms with Crippen LogP contribution in [0.25, 0.3) is 10.8 Å². The Morgan fingerprint density at radius 1 is 0.800 bits per heavy atom. The molecule has 1 heterocycles. The van der Waals surface area contributed by atoms with Crippen molar-refractivity contribution < 1.29 is 5.11 Å². The topological polar surface area (TPSA) is 33.1 Å². The van der Waals surface area contributed by atoms with Gasteiger partial charge in [0.25, 0.3) is 0 Å². The van der Waals surface area contributed by atoms with Crippen LogP contribution in [0.2, 0.25) is 0 Å². The number of fused-ring (bicyclic) bond motifs is 1. The molecule has 0 spiro atoms. The Morgan fingerprint density at radius 2 is 1.50 bits per heavy atom. The molecule has 3 rings (SSSR count). The lowest BCUT2D eigenvalue weighted by molar-refractivity contribution is 0.288. The van der Waals surface area contributed by atoms with Crippen LogP contribution in [0.3, 0.4) is 0 Å². The van der Waals surface area contributed by atoms with Gasteiger partial charge in [-0.3, -0.25) is 4.98 Å². The highest BCUT2D eigenvalue weighted by molar-refractivity contribution is 5.80. The van der Waals surface area contributed by atoms with Crippen molar-refractivity contribution in [2.24, 2.45) is 0 Å². The number of nitrogens with zero attached hydrogens (tertiary/aromatic N) is 1. The Bertz CT molecular complexity index is 557.